The minimum absolute atomic E-state index is 0.0197. The van der Waals surface area contributed by atoms with E-state index >= 15 is 0 Å². The Morgan fingerprint density at radius 3 is 2.48 bits per heavy atom. The molecule has 1 saturated heterocycles. The number of nitrogens with zero attached hydrogens (tertiary/aromatic N) is 3. The Bertz CT molecular complexity index is 615. The van der Waals surface area contributed by atoms with Crippen molar-refractivity contribution in [3.8, 4) is 0 Å². The van der Waals surface area contributed by atoms with Crippen LogP contribution < -0.4 is 10.6 Å². The number of anilines is 1. The second kappa shape index (κ2) is 7.80. The lowest BCUT2D eigenvalue weighted by molar-refractivity contribution is -0.124. The average Bonchev–Trinajstić information content (AvgIpc) is 3.32. The summed E-state index contributed by atoms with van der Waals surface area (Å²) in [6.45, 7) is 9.55. The van der Waals surface area contributed by atoms with Crippen LogP contribution >= 0.6 is 11.3 Å². The topological polar surface area (TPSA) is 77.6 Å². The van der Waals surface area contributed by atoms with Gasteiger partial charge in [-0.3, -0.25) is 19.4 Å². The van der Waals surface area contributed by atoms with Gasteiger partial charge in [0.1, 0.15) is 0 Å². The van der Waals surface area contributed by atoms with Crippen LogP contribution in [0.25, 0.3) is 0 Å². The van der Waals surface area contributed by atoms with Crippen molar-refractivity contribution < 1.29 is 9.59 Å². The Hall–Kier alpha value is -1.51. The molecule has 2 fully saturated rings. The molecule has 1 unspecified atom stereocenters. The standard InChI is InChI=1S/C17H27N5O2S/c1-11-13(3)25-17(18-11)20-16(24)12(2)22-8-6-21(7-9-22)10-15(23)19-14-4-5-14/h12,14H,4-10H2,1-3H3,(H,19,23)(H,18,20,24). The molecular weight excluding hydrogens is 338 g/mol. The summed E-state index contributed by atoms with van der Waals surface area (Å²) in [5.74, 6) is 0.102. The van der Waals surface area contributed by atoms with Crippen molar-refractivity contribution in [1.29, 1.82) is 0 Å². The maximum absolute atomic E-state index is 12.5. The van der Waals surface area contributed by atoms with Crippen LogP contribution in [0, 0.1) is 13.8 Å². The van der Waals surface area contributed by atoms with Gasteiger partial charge >= 0.3 is 0 Å². The maximum Gasteiger partial charge on any atom is 0.243 e. The summed E-state index contributed by atoms with van der Waals surface area (Å²) in [5, 5.41) is 6.61. The Morgan fingerprint density at radius 1 is 1.24 bits per heavy atom. The van der Waals surface area contributed by atoms with Crippen LogP contribution in [-0.2, 0) is 9.59 Å². The van der Waals surface area contributed by atoms with Gasteiger partial charge in [-0.05, 0) is 33.6 Å². The summed E-state index contributed by atoms with van der Waals surface area (Å²) in [7, 11) is 0. The summed E-state index contributed by atoms with van der Waals surface area (Å²) >= 11 is 1.51. The first-order valence-corrected chi connectivity index (χ1v) is 9.74. The molecule has 3 rings (SSSR count). The zero-order valence-corrected chi connectivity index (χ0v) is 16.0. The fourth-order valence-corrected chi connectivity index (χ4v) is 3.73. The lowest BCUT2D eigenvalue weighted by atomic mass is 10.2. The first-order valence-electron chi connectivity index (χ1n) is 8.93. The van der Waals surface area contributed by atoms with Gasteiger partial charge in [-0.25, -0.2) is 4.98 Å². The highest BCUT2D eigenvalue weighted by Gasteiger charge is 2.28. The van der Waals surface area contributed by atoms with Crippen LogP contribution in [0.1, 0.15) is 30.3 Å². The van der Waals surface area contributed by atoms with Gasteiger partial charge < -0.3 is 10.6 Å². The number of carbonyl (C=O) groups excluding carboxylic acids is 2. The number of amides is 2. The van der Waals surface area contributed by atoms with E-state index in [9.17, 15) is 9.59 Å². The van der Waals surface area contributed by atoms with Gasteiger partial charge in [0.05, 0.1) is 18.3 Å². The van der Waals surface area contributed by atoms with Crippen molar-refractivity contribution in [3.05, 3.63) is 10.6 Å². The molecule has 1 aromatic rings. The van der Waals surface area contributed by atoms with Gasteiger partial charge in [-0.2, -0.15) is 0 Å². The SMILES string of the molecule is Cc1nc(NC(=O)C(C)N2CCN(CC(=O)NC3CC3)CC2)sc1C. The van der Waals surface area contributed by atoms with Crippen molar-refractivity contribution in [2.24, 2.45) is 0 Å². The molecular formula is C17H27N5O2S. The van der Waals surface area contributed by atoms with Crippen LogP contribution in [0.3, 0.4) is 0 Å². The van der Waals surface area contributed by atoms with E-state index in [1.165, 1.54) is 11.3 Å². The lowest BCUT2D eigenvalue weighted by Crippen LogP contribution is -2.54. The van der Waals surface area contributed by atoms with E-state index in [0.717, 1.165) is 49.6 Å². The number of nitrogens with one attached hydrogen (secondary N) is 2. The minimum Gasteiger partial charge on any atom is -0.352 e. The predicted molar refractivity (Wildman–Crippen MR) is 98.9 cm³/mol. The highest BCUT2D eigenvalue weighted by Crippen LogP contribution is 2.21. The van der Waals surface area contributed by atoms with Gasteiger partial charge in [-0.1, -0.05) is 0 Å². The fourth-order valence-electron chi connectivity index (χ4n) is 2.91. The number of aromatic nitrogens is 1. The molecule has 1 atom stereocenters. The number of thiazole rings is 1. The first kappa shape index (κ1) is 18.3. The number of carbonyl (C=O) groups is 2. The van der Waals surface area contributed by atoms with E-state index in [-0.39, 0.29) is 17.9 Å². The van der Waals surface area contributed by atoms with Crippen LogP contribution in [-0.4, -0.2) is 71.4 Å². The molecule has 2 N–H and O–H groups in total. The number of hydrogen-bond donors (Lipinski definition) is 2. The van der Waals surface area contributed by atoms with Crippen LogP contribution in [0.4, 0.5) is 5.13 Å². The molecule has 0 bridgehead atoms. The molecule has 0 spiro atoms. The third kappa shape index (κ3) is 4.99. The van der Waals surface area contributed by atoms with E-state index in [4.69, 9.17) is 0 Å². The molecule has 2 amide bonds. The Balaban J connectivity index is 1.43. The lowest BCUT2D eigenvalue weighted by Gasteiger charge is -2.37. The summed E-state index contributed by atoms with van der Waals surface area (Å²) < 4.78 is 0. The second-order valence-corrected chi connectivity index (χ2v) is 8.18. The van der Waals surface area contributed by atoms with Crippen molar-refractivity contribution >= 4 is 28.3 Å². The fraction of sp³-hybridized carbons (Fsp3) is 0.706. The largest absolute Gasteiger partial charge is 0.352 e. The molecule has 7 nitrogen and oxygen atoms in total. The van der Waals surface area contributed by atoms with Crippen LogP contribution in [0.15, 0.2) is 0 Å². The number of hydrogen-bond acceptors (Lipinski definition) is 6. The number of aryl methyl sites for hydroxylation is 2. The monoisotopic (exact) mass is 365 g/mol. The quantitative estimate of drug-likeness (QED) is 0.786. The van der Waals surface area contributed by atoms with E-state index < -0.39 is 0 Å². The van der Waals surface area contributed by atoms with E-state index in [0.29, 0.717) is 17.7 Å². The van der Waals surface area contributed by atoms with E-state index in [1.54, 1.807) is 0 Å². The molecule has 1 aliphatic heterocycles. The smallest absolute Gasteiger partial charge is 0.243 e. The zero-order chi connectivity index (χ0) is 18.0. The average molecular weight is 366 g/mol. The van der Waals surface area contributed by atoms with Gasteiger partial charge in [-0.15, -0.1) is 11.3 Å². The summed E-state index contributed by atoms with van der Waals surface area (Å²) in [6.07, 6.45) is 2.23. The minimum atomic E-state index is -0.202. The molecule has 1 aromatic heterocycles. The molecule has 1 saturated carbocycles. The van der Waals surface area contributed by atoms with Gasteiger partial charge in [0, 0.05) is 37.1 Å². The molecule has 8 heteroatoms. The highest BCUT2D eigenvalue weighted by molar-refractivity contribution is 7.15. The van der Waals surface area contributed by atoms with Crippen LogP contribution in [0.2, 0.25) is 0 Å². The predicted octanol–water partition coefficient (Wildman–Crippen LogP) is 0.983. The van der Waals surface area contributed by atoms with Gasteiger partial charge in [0.15, 0.2) is 5.13 Å². The normalized spacial score (nSPS) is 20.3. The molecule has 1 aliphatic carbocycles. The molecule has 138 valence electrons. The molecule has 0 aromatic carbocycles. The van der Waals surface area contributed by atoms with Crippen molar-refractivity contribution in [2.45, 2.75) is 45.7 Å². The maximum atomic E-state index is 12.5. The van der Waals surface area contributed by atoms with E-state index in [1.807, 2.05) is 20.8 Å². The van der Waals surface area contributed by atoms with Crippen molar-refractivity contribution in [1.82, 2.24) is 20.1 Å². The zero-order valence-electron chi connectivity index (χ0n) is 15.2. The van der Waals surface area contributed by atoms with Crippen LogP contribution in [0.5, 0.6) is 0 Å². The van der Waals surface area contributed by atoms with Gasteiger partial charge in [0.25, 0.3) is 0 Å². The van der Waals surface area contributed by atoms with Crippen molar-refractivity contribution in [3.63, 3.8) is 0 Å². The summed E-state index contributed by atoms with van der Waals surface area (Å²) in [5.41, 5.74) is 0.964. The highest BCUT2D eigenvalue weighted by atomic mass is 32.1. The Morgan fingerprint density at radius 2 is 1.92 bits per heavy atom. The summed E-state index contributed by atoms with van der Waals surface area (Å²) in [6, 6.07) is 0.211. The second-order valence-electron chi connectivity index (χ2n) is 6.98. The number of piperazine rings is 1. The molecule has 0 radical (unpaired) electrons. The Labute approximate surface area is 152 Å². The third-order valence-corrected chi connectivity index (χ3v) is 5.89. The molecule has 2 aliphatic rings. The number of rotatable bonds is 6. The van der Waals surface area contributed by atoms with Gasteiger partial charge in [0.2, 0.25) is 11.8 Å². The molecule has 2 heterocycles. The van der Waals surface area contributed by atoms with E-state index in [2.05, 4.69) is 25.4 Å². The summed E-state index contributed by atoms with van der Waals surface area (Å²) in [4.78, 5) is 34.2. The third-order valence-electron chi connectivity index (χ3n) is 4.90. The Kier molecular flexibility index (Phi) is 5.71. The first-order chi connectivity index (χ1) is 11.9. The van der Waals surface area contributed by atoms with Crippen molar-refractivity contribution in [2.75, 3.05) is 38.0 Å². The molecule has 25 heavy (non-hydrogen) atoms.